The van der Waals surface area contributed by atoms with Crippen molar-refractivity contribution in [2.24, 2.45) is 5.92 Å². The van der Waals surface area contributed by atoms with E-state index in [1.807, 2.05) is 0 Å². The van der Waals surface area contributed by atoms with Gasteiger partial charge in [-0.15, -0.1) is 0 Å². The van der Waals surface area contributed by atoms with Crippen molar-refractivity contribution in [3.05, 3.63) is 0 Å². The van der Waals surface area contributed by atoms with Gasteiger partial charge in [0.1, 0.15) is 6.04 Å². The average Bonchev–Trinajstić information content (AvgIpc) is 2.99. The molecule has 0 radical (unpaired) electrons. The molecular weight excluding hydrogens is 224 g/mol. The van der Waals surface area contributed by atoms with Gasteiger partial charge in [-0.1, -0.05) is 0 Å². The van der Waals surface area contributed by atoms with E-state index < -0.39 is 18.1 Å². The van der Waals surface area contributed by atoms with Crippen LogP contribution in [0.15, 0.2) is 0 Å². The first kappa shape index (κ1) is 12.3. The number of aliphatic carboxylic acids is 1. The van der Waals surface area contributed by atoms with Crippen molar-refractivity contribution in [2.75, 3.05) is 19.6 Å². The molecule has 0 aromatic heterocycles. The molecule has 2 rings (SSSR count). The van der Waals surface area contributed by atoms with Crippen LogP contribution < -0.4 is 5.32 Å². The minimum Gasteiger partial charge on any atom is -0.480 e. The molecule has 2 aliphatic rings. The largest absolute Gasteiger partial charge is 0.480 e. The van der Waals surface area contributed by atoms with Crippen LogP contribution in [0, 0.1) is 5.92 Å². The first-order valence-electron chi connectivity index (χ1n) is 5.99. The van der Waals surface area contributed by atoms with Crippen molar-refractivity contribution in [3.63, 3.8) is 0 Å². The average molecular weight is 242 g/mol. The van der Waals surface area contributed by atoms with Gasteiger partial charge in [-0.25, -0.2) is 4.79 Å². The molecule has 6 heteroatoms. The number of hydrogen-bond donors (Lipinski definition) is 3. The number of carboxylic acid groups (broad SMARTS) is 1. The Kier molecular flexibility index (Phi) is 3.63. The van der Waals surface area contributed by atoms with E-state index in [2.05, 4.69) is 5.32 Å². The molecule has 6 nitrogen and oxygen atoms in total. The normalized spacial score (nSPS) is 28.4. The Labute approximate surface area is 99.6 Å². The Morgan fingerprint density at radius 3 is 2.65 bits per heavy atom. The number of rotatable bonds is 5. The second-order valence-corrected chi connectivity index (χ2v) is 4.86. The SMILES string of the molecule is O=C(O)[C@@H]1C[C@H](O)CN1C(=O)CNCC1CC1. The highest BCUT2D eigenvalue weighted by Gasteiger charge is 2.38. The van der Waals surface area contributed by atoms with Crippen molar-refractivity contribution < 1.29 is 19.8 Å². The lowest BCUT2D eigenvalue weighted by Crippen LogP contribution is -2.44. The lowest BCUT2D eigenvalue weighted by Gasteiger charge is -2.21. The number of amides is 1. The highest BCUT2D eigenvalue weighted by atomic mass is 16.4. The Morgan fingerprint density at radius 2 is 2.06 bits per heavy atom. The molecule has 17 heavy (non-hydrogen) atoms. The maximum absolute atomic E-state index is 11.8. The van der Waals surface area contributed by atoms with Gasteiger partial charge >= 0.3 is 5.97 Å². The van der Waals surface area contributed by atoms with Crippen molar-refractivity contribution >= 4 is 11.9 Å². The summed E-state index contributed by atoms with van der Waals surface area (Å²) < 4.78 is 0. The van der Waals surface area contributed by atoms with Gasteiger partial charge in [-0.05, 0) is 25.3 Å². The van der Waals surface area contributed by atoms with E-state index in [0.717, 1.165) is 6.54 Å². The van der Waals surface area contributed by atoms with Gasteiger partial charge < -0.3 is 20.4 Å². The van der Waals surface area contributed by atoms with Crippen molar-refractivity contribution in [3.8, 4) is 0 Å². The minimum atomic E-state index is -1.04. The maximum Gasteiger partial charge on any atom is 0.326 e. The molecule has 1 aliphatic carbocycles. The molecule has 96 valence electrons. The van der Waals surface area contributed by atoms with Gasteiger partial charge in [-0.2, -0.15) is 0 Å². The quantitative estimate of drug-likeness (QED) is 0.577. The molecule has 3 N–H and O–H groups in total. The van der Waals surface area contributed by atoms with E-state index in [0.29, 0.717) is 5.92 Å². The summed E-state index contributed by atoms with van der Waals surface area (Å²) in [6, 6.07) is -0.875. The predicted octanol–water partition coefficient (Wildman–Crippen LogP) is -0.968. The maximum atomic E-state index is 11.8. The van der Waals surface area contributed by atoms with E-state index in [-0.39, 0.29) is 25.4 Å². The number of hydrogen-bond acceptors (Lipinski definition) is 4. The molecule has 0 spiro atoms. The van der Waals surface area contributed by atoms with Crippen LogP contribution in [-0.2, 0) is 9.59 Å². The number of aliphatic hydroxyl groups excluding tert-OH is 1. The zero-order valence-corrected chi connectivity index (χ0v) is 9.63. The van der Waals surface area contributed by atoms with Gasteiger partial charge in [0.25, 0.3) is 0 Å². The van der Waals surface area contributed by atoms with Crippen LogP contribution in [0.2, 0.25) is 0 Å². The van der Waals surface area contributed by atoms with Gasteiger partial charge in [0, 0.05) is 13.0 Å². The van der Waals surface area contributed by atoms with Crippen LogP contribution >= 0.6 is 0 Å². The van der Waals surface area contributed by atoms with Crippen LogP contribution in [0.5, 0.6) is 0 Å². The van der Waals surface area contributed by atoms with E-state index >= 15 is 0 Å². The molecule has 1 saturated heterocycles. The number of carbonyl (C=O) groups excluding carboxylic acids is 1. The van der Waals surface area contributed by atoms with E-state index in [4.69, 9.17) is 5.11 Å². The Balaban J connectivity index is 1.81. The first-order valence-corrected chi connectivity index (χ1v) is 5.99. The summed E-state index contributed by atoms with van der Waals surface area (Å²) in [6.07, 6.45) is 1.83. The second-order valence-electron chi connectivity index (χ2n) is 4.86. The molecule has 1 heterocycles. The Morgan fingerprint density at radius 1 is 1.35 bits per heavy atom. The first-order chi connectivity index (χ1) is 8.08. The minimum absolute atomic E-state index is 0.126. The summed E-state index contributed by atoms with van der Waals surface area (Å²) in [5.41, 5.74) is 0. The van der Waals surface area contributed by atoms with Crippen LogP contribution in [0.4, 0.5) is 0 Å². The predicted molar refractivity (Wildman–Crippen MR) is 59.4 cm³/mol. The fraction of sp³-hybridized carbons (Fsp3) is 0.818. The van der Waals surface area contributed by atoms with Crippen molar-refractivity contribution in [1.82, 2.24) is 10.2 Å². The van der Waals surface area contributed by atoms with E-state index in [1.165, 1.54) is 17.7 Å². The fourth-order valence-corrected chi connectivity index (χ4v) is 2.13. The molecule has 0 aromatic rings. The molecule has 1 amide bonds. The van der Waals surface area contributed by atoms with Crippen LogP contribution in [-0.4, -0.2) is 58.8 Å². The molecule has 2 atom stereocenters. The molecule has 0 bridgehead atoms. The second kappa shape index (κ2) is 5.01. The molecule has 1 saturated carbocycles. The third kappa shape index (κ3) is 3.17. The third-order valence-electron chi connectivity index (χ3n) is 3.29. The lowest BCUT2D eigenvalue weighted by molar-refractivity contribution is -0.147. The topological polar surface area (TPSA) is 89.9 Å². The van der Waals surface area contributed by atoms with Crippen LogP contribution in [0.1, 0.15) is 19.3 Å². The van der Waals surface area contributed by atoms with Crippen LogP contribution in [0.3, 0.4) is 0 Å². The summed E-state index contributed by atoms with van der Waals surface area (Å²) >= 11 is 0. The van der Waals surface area contributed by atoms with Gasteiger partial charge in [0.15, 0.2) is 0 Å². The summed E-state index contributed by atoms with van der Waals surface area (Å²) in [6.45, 7) is 1.10. The summed E-state index contributed by atoms with van der Waals surface area (Å²) in [7, 11) is 0. The number of nitrogens with zero attached hydrogens (tertiary/aromatic N) is 1. The summed E-state index contributed by atoms with van der Waals surface area (Å²) in [4.78, 5) is 24.0. The fourth-order valence-electron chi connectivity index (χ4n) is 2.13. The molecule has 0 unspecified atom stereocenters. The highest BCUT2D eigenvalue weighted by molar-refractivity contribution is 5.85. The van der Waals surface area contributed by atoms with E-state index in [9.17, 15) is 14.7 Å². The zero-order valence-electron chi connectivity index (χ0n) is 9.63. The molecule has 1 aliphatic heterocycles. The number of nitrogens with one attached hydrogen (secondary N) is 1. The number of carboxylic acids is 1. The third-order valence-corrected chi connectivity index (χ3v) is 3.29. The smallest absolute Gasteiger partial charge is 0.326 e. The monoisotopic (exact) mass is 242 g/mol. The van der Waals surface area contributed by atoms with Crippen LogP contribution in [0.25, 0.3) is 0 Å². The van der Waals surface area contributed by atoms with Gasteiger partial charge in [-0.3, -0.25) is 4.79 Å². The van der Waals surface area contributed by atoms with Crippen molar-refractivity contribution in [2.45, 2.75) is 31.4 Å². The Hall–Kier alpha value is -1.14. The molecular formula is C11H18N2O4. The molecule has 0 aromatic carbocycles. The lowest BCUT2D eigenvalue weighted by atomic mass is 10.2. The van der Waals surface area contributed by atoms with Gasteiger partial charge in [0.2, 0.25) is 5.91 Å². The highest BCUT2D eigenvalue weighted by Crippen LogP contribution is 2.27. The molecule has 2 fully saturated rings. The number of aliphatic hydroxyl groups is 1. The summed E-state index contributed by atoms with van der Waals surface area (Å²) in [5.74, 6) is -0.603. The number of β-amino-alcohol motifs (C(OH)–C–C–N with tert-alkyl or cyclic N) is 1. The standard InChI is InChI=1S/C11H18N2O4/c14-8-3-9(11(16)17)13(6-8)10(15)5-12-4-7-1-2-7/h7-9,12,14H,1-6H2,(H,16,17)/t8-,9-/m0/s1. The summed E-state index contributed by atoms with van der Waals surface area (Å²) in [5, 5.41) is 21.4. The van der Waals surface area contributed by atoms with E-state index in [1.54, 1.807) is 0 Å². The van der Waals surface area contributed by atoms with Gasteiger partial charge in [0.05, 0.1) is 12.6 Å². The number of carbonyl (C=O) groups is 2. The zero-order chi connectivity index (χ0) is 12.4. The number of likely N-dealkylation sites (tertiary alicyclic amines) is 1. The Bertz CT molecular complexity index is 317. The van der Waals surface area contributed by atoms with Crippen molar-refractivity contribution in [1.29, 1.82) is 0 Å².